The normalized spacial score (nSPS) is 10.2. The summed E-state index contributed by atoms with van der Waals surface area (Å²) in [5, 5.41) is 0.602. The first-order valence-corrected chi connectivity index (χ1v) is 7.58. The highest BCUT2D eigenvalue weighted by molar-refractivity contribution is 6.35. The van der Waals surface area contributed by atoms with Crippen molar-refractivity contribution in [2.24, 2.45) is 0 Å². The van der Waals surface area contributed by atoms with Crippen molar-refractivity contribution < 1.29 is 23.8 Å². The fourth-order valence-electron chi connectivity index (χ4n) is 2.00. The number of carbonyl (C=O) groups excluding carboxylic acids is 2. The molecular formula is C17H14Cl2O5. The van der Waals surface area contributed by atoms with Gasteiger partial charge in [0.05, 0.1) is 25.3 Å². The predicted octanol–water partition coefficient (Wildman–Crippen LogP) is 4.05. The Labute approximate surface area is 149 Å². The Morgan fingerprint density at radius 3 is 2.21 bits per heavy atom. The number of halogens is 2. The third kappa shape index (κ3) is 4.40. The first-order chi connectivity index (χ1) is 11.4. The Morgan fingerprint density at radius 1 is 0.958 bits per heavy atom. The summed E-state index contributed by atoms with van der Waals surface area (Å²) in [6.07, 6.45) is 0. The second kappa shape index (κ2) is 8.04. The van der Waals surface area contributed by atoms with Crippen LogP contribution in [0.2, 0.25) is 10.0 Å². The van der Waals surface area contributed by atoms with Crippen molar-refractivity contribution >= 4 is 35.0 Å². The number of rotatable bonds is 6. The van der Waals surface area contributed by atoms with Gasteiger partial charge in [0.25, 0.3) is 0 Å². The summed E-state index contributed by atoms with van der Waals surface area (Å²) in [5.74, 6) is -0.267. The molecule has 126 valence electrons. The quantitative estimate of drug-likeness (QED) is 0.568. The molecule has 0 aliphatic rings. The average Bonchev–Trinajstić information content (AvgIpc) is 2.57. The molecule has 0 heterocycles. The first kappa shape index (κ1) is 18.1. The summed E-state index contributed by atoms with van der Waals surface area (Å²) in [6.45, 7) is -0.452. The number of Topliss-reactive ketones (excluding diaryl/α,β-unsaturated/α-hetero) is 1. The van der Waals surface area contributed by atoms with Crippen molar-refractivity contribution in [1.82, 2.24) is 0 Å². The molecule has 0 saturated carbocycles. The van der Waals surface area contributed by atoms with Crippen molar-refractivity contribution in [2.45, 2.75) is 0 Å². The smallest absolute Gasteiger partial charge is 0.338 e. The molecule has 0 unspecified atom stereocenters. The van der Waals surface area contributed by atoms with Crippen LogP contribution in [0.5, 0.6) is 11.5 Å². The van der Waals surface area contributed by atoms with E-state index in [0.29, 0.717) is 21.5 Å². The highest BCUT2D eigenvalue weighted by Gasteiger charge is 2.17. The standard InChI is InChI=1S/C17H14Cl2O5/c1-22-13-3-4-16(23-2)14(8-13)15(20)9-24-17(21)10-5-11(18)7-12(19)6-10/h3-8H,9H2,1-2H3. The lowest BCUT2D eigenvalue weighted by molar-refractivity contribution is 0.0474. The Morgan fingerprint density at radius 2 is 1.62 bits per heavy atom. The van der Waals surface area contributed by atoms with Gasteiger partial charge in [0.1, 0.15) is 11.5 Å². The predicted molar refractivity (Wildman–Crippen MR) is 90.6 cm³/mol. The van der Waals surface area contributed by atoms with Crippen LogP contribution in [0.3, 0.4) is 0 Å². The number of ether oxygens (including phenoxy) is 3. The molecule has 2 rings (SSSR count). The molecule has 0 aromatic heterocycles. The third-order valence-corrected chi connectivity index (χ3v) is 3.58. The fraction of sp³-hybridized carbons (Fsp3) is 0.176. The van der Waals surface area contributed by atoms with E-state index in [-0.39, 0.29) is 11.1 Å². The van der Waals surface area contributed by atoms with Crippen molar-refractivity contribution in [3.8, 4) is 11.5 Å². The van der Waals surface area contributed by atoms with Crippen molar-refractivity contribution in [1.29, 1.82) is 0 Å². The summed E-state index contributed by atoms with van der Waals surface area (Å²) in [5.41, 5.74) is 0.423. The Balaban J connectivity index is 2.11. The Kier molecular flexibility index (Phi) is 6.06. The molecule has 0 saturated heterocycles. The number of hydrogen-bond donors (Lipinski definition) is 0. The Hall–Kier alpha value is -2.24. The number of benzene rings is 2. The van der Waals surface area contributed by atoms with Gasteiger partial charge in [-0.05, 0) is 36.4 Å². The van der Waals surface area contributed by atoms with E-state index in [2.05, 4.69) is 0 Å². The zero-order chi connectivity index (χ0) is 17.7. The van der Waals surface area contributed by atoms with Crippen LogP contribution in [0.1, 0.15) is 20.7 Å². The number of hydrogen-bond acceptors (Lipinski definition) is 5. The SMILES string of the molecule is COc1ccc(OC)c(C(=O)COC(=O)c2cc(Cl)cc(Cl)c2)c1. The maximum absolute atomic E-state index is 12.3. The average molecular weight is 369 g/mol. The molecule has 0 aliphatic heterocycles. The van der Waals surface area contributed by atoms with Gasteiger partial charge in [-0.1, -0.05) is 23.2 Å². The zero-order valence-corrected chi connectivity index (χ0v) is 14.5. The summed E-state index contributed by atoms with van der Waals surface area (Å²) >= 11 is 11.7. The van der Waals surface area contributed by atoms with Crippen LogP contribution < -0.4 is 9.47 Å². The van der Waals surface area contributed by atoms with Crippen LogP contribution in [0, 0.1) is 0 Å². The molecule has 0 aliphatic carbocycles. The minimum Gasteiger partial charge on any atom is -0.497 e. The topological polar surface area (TPSA) is 61.8 Å². The molecule has 0 spiro atoms. The lowest BCUT2D eigenvalue weighted by atomic mass is 10.1. The van der Waals surface area contributed by atoms with E-state index in [1.54, 1.807) is 12.1 Å². The van der Waals surface area contributed by atoms with Crippen LogP contribution in [-0.4, -0.2) is 32.6 Å². The first-order valence-electron chi connectivity index (χ1n) is 6.83. The van der Waals surface area contributed by atoms with Gasteiger partial charge in [-0.15, -0.1) is 0 Å². The lowest BCUT2D eigenvalue weighted by Crippen LogP contribution is -2.15. The molecule has 24 heavy (non-hydrogen) atoms. The lowest BCUT2D eigenvalue weighted by Gasteiger charge is -2.10. The van der Waals surface area contributed by atoms with Gasteiger partial charge in [-0.3, -0.25) is 4.79 Å². The summed E-state index contributed by atoms with van der Waals surface area (Å²) in [4.78, 5) is 24.3. The maximum atomic E-state index is 12.3. The number of ketones is 1. The fourth-order valence-corrected chi connectivity index (χ4v) is 2.52. The van der Waals surface area contributed by atoms with Crippen molar-refractivity contribution in [2.75, 3.05) is 20.8 Å². The van der Waals surface area contributed by atoms with E-state index in [4.69, 9.17) is 37.4 Å². The summed E-state index contributed by atoms with van der Waals surface area (Å²) < 4.78 is 15.2. The molecule has 0 amide bonds. The number of carbonyl (C=O) groups is 2. The molecule has 2 aromatic carbocycles. The van der Waals surface area contributed by atoms with Gasteiger partial charge in [0, 0.05) is 10.0 Å². The van der Waals surface area contributed by atoms with Gasteiger partial charge in [0.15, 0.2) is 6.61 Å². The van der Waals surface area contributed by atoms with Crippen LogP contribution in [0.25, 0.3) is 0 Å². The highest BCUT2D eigenvalue weighted by atomic mass is 35.5. The molecule has 2 aromatic rings. The van der Waals surface area contributed by atoms with E-state index < -0.39 is 18.4 Å². The molecule has 0 fully saturated rings. The Bertz CT molecular complexity index is 753. The zero-order valence-electron chi connectivity index (χ0n) is 13.0. The van der Waals surface area contributed by atoms with Crippen LogP contribution in [0.4, 0.5) is 0 Å². The van der Waals surface area contributed by atoms with E-state index in [1.807, 2.05) is 0 Å². The van der Waals surface area contributed by atoms with E-state index in [9.17, 15) is 9.59 Å². The number of esters is 1. The molecule has 5 nitrogen and oxygen atoms in total. The molecule has 0 N–H and O–H groups in total. The second-order valence-corrected chi connectivity index (χ2v) is 5.60. The molecule has 0 atom stereocenters. The molecule has 0 radical (unpaired) electrons. The third-order valence-electron chi connectivity index (χ3n) is 3.14. The van der Waals surface area contributed by atoms with Crippen LogP contribution in [0.15, 0.2) is 36.4 Å². The second-order valence-electron chi connectivity index (χ2n) is 4.72. The number of methoxy groups -OCH3 is 2. The van der Waals surface area contributed by atoms with Crippen LogP contribution >= 0.6 is 23.2 Å². The molecular weight excluding hydrogens is 355 g/mol. The van der Waals surface area contributed by atoms with Crippen molar-refractivity contribution in [3.05, 3.63) is 57.6 Å². The van der Waals surface area contributed by atoms with Gasteiger partial charge >= 0.3 is 5.97 Å². The largest absolute Gasteiger partial charge is 0.497 e. The monoisotopic (exact) mass is 368 g/mol. The van der Waals surface area contributed by atoms with E-state index in [0.717, 1.165) is 0 Å². The minimum absolute atomic E-state index is 0.165. The van der Waals surface area contributed by atoms with Gasteiger partial charge in [0.2, 0.25) is 5.78 Å². The van der Waals surface area contributed by atoms with Crippen molar-refractivity contribution in [3.63, 3.8) is 0 Å². The van der Waals surface area contributed by atoms with Gasteiger partial charge in [-0.25, -0.2) is 4.79 Å². The summed E-state index contributed by atoms with van der Waals surface area (Å²) in [7, 11) is 2.93. The summed E-state index contributed by atoms with van der Waals surface area (Å²) in [6, 6.07) is 9.09. The van der Waals surface area contributed by atoms with E-state index in [1.165, 1.54) is 38.5 Å². The minimum atomic E-state index is -0.699. The molecule has 7 heteroatoms. The highest BCUT2D eigenvalue weighted by Crippen LogP contribution is 2.25. The molecule has 0 bridgehead atoms. The van der Waals surface area contributed by atoms with E-state index >= 15 is 0 Å². The van der Waals surface area contributed by atoms with Gasteiger partial charge in [-0.2, -0.15) is 0 Å². The van der Waals surface area contributed by atoms with Crippen LogP contribution in [-0.2, 0) is 4.74 Å². The maximum Gasteiger partial charge on any atom is 0.338 e. The van der Waals surface area contributed by atoms with Gasteiger partial charge < -0.3 is 14.2 Å².